The van der Waals surface area contributed by atoms with Crippen LogP contribution in [0.4, 0.5) is 5.69 Å². The molecule has 4 rings (SSSR count). The van der Waals surface area contributed by atoms with Crippen molar-refractivity contribution in [2.75, 3.05) is 31.6 Å². The van der Waals surface area contributed by atoms with Gasteiger partial charge < -0.3 is 19.5 Å². The molecule has 1 atom stereocenters. The molecule has 2 heterocycles. The fourth-order valence-electron chi connectivity index (χ4n) is 4.14. The Balaban J connectivity index is 1.37. The maximum absolute atomic E-state index is 12.7. The van der Waals surface area contributed by atoms with Crippen LogP contribution in [0.3, 0.4) is 0 Å². The van der Waals surface area contributed by atoms with Crippen molar-refractivity contribution in [3.63, 3.8) is 0 Å². The van der Waals surface area contributed by atoms with Gasteiger partial charge in [0.25, 0.3) is 0 Å². The van der Waals surface area contributed by atoms with Gasteiger partial charge in [-0.25, -0.2) is 4.79 Å². The zero-order chi connectivity index (χ0) is 22.5. The highest BCUT2D eigenvalue weighted by Gasteiger charge is 2.28. The number of rotatable bonds is 6. The van der Waals surface area contributed by atoms with Gasteiger partial charge in [0.05, 0.1) is 31.4 Å². The molecule has 170 valence electrons. The minimum absolute atomic E-state index is 0.0799. The highest BCUT2D eigenvalue weighted by molar-refractivity contribution is 5.94. The van der Waals surface area contributed by atoms with Gasteiger partial charge in [-0.15, -0.1) is 0 Å². The molecule has 1 unspecified atom stereocenters. The maximum Gasteiger partial charge on any atom is 0.338 e. The summed E-state index contributed by atoms with van der Waals surface area (Å²) in [5, 5.41) is 2.93. The van der Waals surface area contributed by atoms with Crippen molar-refractivity contribution in [2.45, 2.75) is 45.3 Å². The zero-order valence-electron chi connectivity index (χ0n) is 18.6. The molecule has 1 N–H and O–H groups in total. The molecule has 2 aromatic rings. The number of hydrogen-bond acceptors (Lipinski definition) is 6. The van der Waals surface area contributed by atoms with E-state index in [1.165, 1.54) is 0 Å². The van der Waals surface area contributed by atoms with Gasteiger partial charge in [0.15, 0.2) is 11.5 Å². The fourth-order valence-corrected chi connectivity index (χ4v) is 4.14. The van der Waals surface area contributed by atoms with Gasteiger partial charge in [0.1, 0.15) is 0 Å². The van der Waals surface area contributed by atoms with Crippen molar-refractivity contribution < 1.29 is 23.8 Å². The quantitative estimate of drug-likeness (QED) is 0.682. The number of nitrogens with one attached hydrogen (secondary N) is 1. The third-order valence-corrected chi connectivity index (χ3v) is 5.61. The van der Waals surface area contributed by atoms with Crippen LogP contribution >= 0.6 is 0 Å². The van der Waals surface area contributed by atoms with Gasteiger partial charge in [0, 0.05) is 18.2 Å². The molecular formula is C25H30N2O5. The van der Waals surface area contributed by atoms with Crippen LogP contribution in [0.5, 0.6) is 11.5 Å². The summed E-state index contributed by atoms with van der Waals surface area (Å²) in [6.45, 7) is 6.11. The lowest BCUT2D eigenvalue weighted by Crippen LogP contribution is -2.33. The Hall–Kier alpha value is -3.06. The van der Waals surface area contributed by atoms with Gasteiger partial charge in [-0.1, -0.05) is 6.07 Å². The highest BCUT2D eigenvalue weighted by atomic mass is 16.5. The van der Waals surface area contributed by atoms with E-state index >= 15 is 0 Å². The van der Waals surface area contributed by atoms with Crippen LogP contribution in [0, 0.1) is 0 Å². The van der Waals surface area contributed by atoms with Crippen LogP contribution in [-0.2, 0) is 9.53 Å². The normalized spacial score (nSPS) is 18.3. The summed E-state index contributed by atoms with van der Waals surface area (Å²) in [6.07, 6.45) is 2.74. The number of nitrogens with zero attached hydrogens (tertiary/aromatic N) is 1. The zero-order valence-corrected chi connectivity index (χ0v) is 18.6. The Kier molecular flexibility index (Phi) is 6.95. The van der Waals surface area contributed by atoms with Gasteiger partial charge in [0.2, 0.25) is 5.91 Å². The smallest absolute Gasteiger partial charge is 0.338 e. The first-order chi connectivity index (χ1) is 15.5. The lowest BCUT2D eigenvalue weighted by atomic mass is 10.0. The van der Waals surface area contributed by atoms with Crippen LogP contribution < -0.4 is 14.8 Å². The predicted octanol–water partition coefficient (Wildman–Crippen LogP) is 4.19. The lowest BCUT2D eigenvalue weighted by molar-refractivity contribution is -0.117. The highest BCUT2D eigenvalue weighted by Crippen LogP contribution is 2.37. The standard InChI is InChI=1S/C25H30N2O5/c1-17(2)32-25(29)18-6-9-20(10-7-18)26-24(28)16-27-12-3-5-21(27)19-8-11-22-23(15-19)31-14-4-13-30-22/h6-11,15,17,21H,3-5,12-14,16H2,1-2H3,(H,26,28). The van der Waals surface area contributed by atoms with E-state index in [1.807, 2.05) is 19.9 Å². The van der Waals surface area contributed by atoms with Crippen LogP contribution in [0.2, 0.25) is 0 Å². The number of benzene rings is 2. The molecule has 0 radical (unpaired) electrons. The minimum atomic E-state index is -0.368. The average Bonchev–Trinajstić information content (AvgIpc) is 3.09. The van der Waals surface area contributed by atoms with Crippen molar-refractivity contribution in [2.24, 2.45) is 0 Å². The Bertz CT molecular complexity index is 957. The summed E-state index contributed by atoms with van der Waals surface area (Å²) in [7, 11) is 0. The molecule has 0 bridgehead atoms. The van der Waals surface area contributed by atoms with Crippen LogP contribution in [0.15, 0.2) is 42.5 Å². The molecule has 7 nitrogen and oxygen atoms in total. The molecule has 1 saturated heterocycles. The third-order valence-electron chi connectivity index (χ3n) is 5.61. The molecule has 1 amide bonds. The van der Waals surface area contributed by atoms with Gasteiger partial charge >= 0.3 is 5.97 Å². The first kappa shape index (κ1) is 22.1. The molecular weight excluding hydrogens is 408 g/mol. The molecule has 0 saturated carbocycles. The third kappa shape index (κ3) is 5.40. The van der Waals surface area contributed by atoms with E-state index in [-0.39, 0.29) is 24.0 Å². The molecule has 1 fully saturated rings. The van der Waals surface area contributed by atoms with E-state index in [2.05, 4.69) is 22.3 Å². The van der Waals surface area contributed by atoms with Crippen molar-refractivity contribution in [3.05, 3.63) is 53.6 Å². The number of likely N-dealkylation sites (tertiary alicyclic amines) is 1. The topological polar surface area (TPSA) is 77.1 Å². The van der Waals surface area contributed by atoms with E-state index in [9.17, 15) is 9.59 Å². The van der Waals surface area contributed by atoms with E-state index in [1.54, 1.807) is 24.3 Å². The number of hydrogen-bond donors (Lipinski definition) is 1. The number of carbonyl (C=O) groups is 2. The summed E-state index contributed by atoms with van der Waals surface area (Å²) < 4.78 is 16.8. The Labute approximate surface area is 188 Å². The van der Waals surface area contributed by atoms with E-state index in [4.69, 9.17) is 14.2 Å². The second-order valence-electron chi connectivity index (χ2n) is 8.46. The van der Waals surface area contributed by atoms with Gasteiger partial charge in [-0.05, 0) is 75.2 Å². The predicted molar refractivity (Wildman–Crippen MR) is 121 cm³/mol. The maximum atomic E-state index is 12.7. The van der Waals surface area contributed by atoms with Gasteiger partial charge in [-0.2, -0.15) is 0 Å². The number of ether oxygens (including phenoxy) is 3. The lowest BCUT2D eigenvalue weighted by Gasteiger charge is -2.25. The Morgan fingerprint density at radius 3 is 2.56 bits per heavy atom. The summed E-state index contributed by atoms with van der Waals surface area (Å²) in [6, 6.07) is 13.0. The number of carbonyl (C=O) groups excluding carboxylic acids is 2. The summed E-state index contributed by atoms with van der Waals surface area (Å²) in [5.74, 6) is 1.12. The SMILES string of the molecule is CC(C)OC(=O)c1ccc(NC(=O)CN2CCCC2c2ccc3c(c2)OCCCO3)cc1. The molecule has 32 heavy (non-hydrogen) atoms. The number of anilines is 1. The molecule has 0 aliphatic carbocycles. The van der Waals surface area contributed by atoms with Gasteiger partial charge in [-0.3, -0.25) is 9.69 Å². The van der Waals surface area contributed by atoms with Crippen molar-refractivity contribution >= 4 is 17.6 Å². The number of fused-ring (bicyclic) bond motifs is 1. The summed E-state index contributed by atoms with van der Waals surface area (Å²) in [4.78, 5) is 26.9. The first-order valence-corrected chi connectivity index (χ1v) is 11.2. The van der Waals surface area contributed by atoms with Crippen molar-refractivity contribution in [1.29, 1.82) is 0 Å². The minimum Gasteiger partial charge on any atom is -0.490 e. The molecule has 2 aromatic carbocycles. The number of esters is 1. The second-order valence-corrected chi connectivity index (χ2v) is 8.46. The fraction of sp³-hybridized carbons (Fsp3) is 0.440. The van der Waals surface area contributed by atoms with Crippen LogP contribution in [0.25, 0.3) is 0 Å². The molecule has 0 aromatic heterocycles. The van der Waals surface area contributed by atoms with Crippen LogP contribution in [0.1, 0.15) is 55.1 Å². The second kappa shape index (κ2) is 10.0. The number of amides is 1. The molecule has 2 aliphatic heterocycles. The van der Waals surface area contributed by atoms with Crippen molar-refractivity contribution in [3.8, 4) is 11.5 Å². The van der Waals surface area contributed by atoms with Crippen LogP contribution in [-0.4, -0.2) is 49.2 Å². The molecule has 7 heteroatoms. The van der Waals surface area contributed by atoms with E-state index < -0.39 is 0 Å². The Morgan fingerprint density at radius 1 is 1.06 bits per heavy atom. The van der Waals surface area contributed by atoms with E-state index in [0.29, 0.717) is 31.0 Å². The molecule has 0 spiro atoms. The molecule has 2 aliphatic rings. The monoisotopic (exact) mass is 438 g/mol. The summed E-state index contributed by atoms with van der Waals surface area (Å²) in [5.41, 5.74) is 2.26. The first-order valence-electron chi connectivity index (χ1n) is 11.2. The summed E-state index contributed by atoms with van der Waals surface area (Å²) >= 11 is 0. The van der Waals surface area contributed by atoms with E-state index in [0.717, 1.165) is 42.9 Å². The average molecular weight is 439 g/mol. The Morgan fingerprint density at radius 2 is 1.81 bits per heavy atom. The largest absolute Gasteiger partial charge is 0.490 e. The van der Waals surface area contributed by atoms with Crippen molar-refractivity contribution in [1.82, 2.24) is 4.90 Å².